The molecule has 0 aliphatic carbocycles. The first-order valence-electron chi connectivity index (χ1n) is 5.88. The van der Waals surface area contributed by atoms with Gasteiger partial charge in [-0.25, -0.2) is 0 Å². The highest BCUT2D eigenvalue weighted by Crippen LogP contribution is 2.24. The third-order valence-electron chi connectivity index (χ3n) is 3.24. The summed E-state index contributed by atoms with van der Waals surface area (Å²) in [6.45, 7) is 5.52. The van der Waals surface area contributed by atoms with Gasteiger partial charge in [0.25, 0.3) is 5.91 Å². The summed E-state index contributed by atoms with van der Waals surface area (Å²) in [5.74, 6) is 0.514. The number of halogens is 1. The standard InChI is InChI=1S/C11H16ClN3OS/c1-3-9-10(17-14-13-9)11(16)15-5-4-7(2)8(12)6-15/h7-8H,3-6H2,1-2H3. The van der Waals surface area contributed by atoms with Gasteiger partial charge in [0.15, 0.2) is 0 Å². The van der Waals surface area contributed by atoms with Crippen LogP contribution in [0.15, 0.2) is 0 Å². The van der Waals surface area contributed by atoms with Gasteiger partial charge in [-0.15, -0.1) is 16.7 Å². The number of rotatable bonds is 2. The Labute approximate surface area is 110 Å². The molecule has 17 heavy (non-hydrogen) atoms. The van der Waals surface area contributed by atoms with E-state index in [1.54, 1.807) is 0 Å². The average Bonchev–Trinajstić information content (AvgIpc) is 2.80. The number of carbonyl (C=O) groups excluding carboxylic acids is 1. The average molecular weight is 274 g/mol. The van der Waals surface area contributed by atoms with Gasteiger partial charge in [0.2, 0.25) is 0 Å². The zero-order valence-electron chi connectivity index (χ0n) is 10.0. The van der Waals surface area contributed by atoms with Crippen molar-refractivity contribution in [2.45, 2.75) is 32.1 Å². The Bertz CT molecular complexity index is 409. The largest absolute Gasteiger partial charge is 0.336 e. The van der Waals surface area contributed by atoms with Crippen molar-refractivity contribution in [2.24, 2.45) is 5.92 Å². The van der Waals surface area contributed by atoms with Gasteiger partial charge in [-0.1, -0.05) is 18.3 Å². The molecule has 0 spiro atoms. The Hall–Kier alpha value is -0.680. The van der Waals surface area contributed by atoms with Crippen LogP contribution in [-0.4, -0.2) is 38.9 Å². The fourth-order valence-electron chi connectivity index (χ4n) is 1.95. The quantitative estimate of drug-likeness (QED) is 0.776. The van der Waals surface area contributed by atoms with Crippen LogP contribution in [-0.2, 0) is 6.42 Å². The summed E-state index contributed by atoms with van der Waals surface area (Å²) in [7, 11) is 0. The minimum Gasteiger partial charge on any atom is -0.336 e. The molecule has 0 saturated carbocycles. The normalized spacial score (nSPS) is 25.0. The van der Waals surface area contributed by atoms with Gasteiger partial charge >= 0.3 is 0 Å². The van der Waals surface area contributed by atoms with E-state index >= 15 is 0 Å². The Morgan fingerprint density at radius 3 is 3.06 bits per heavy atom. The number of alkyl halides is 1. The molecule has 0 radical (unpaired) electrons. The van der Waals surface area contributed by atoms with Crippen LogP contribution in [0.1, 0.15) is 35.6 Å². The highest BCUT2D eigenvalue weighted by molar-refractivity contribution is 7.08. The Kier molecular flexibility index (Phi) is 3.99. The molecule has 1 amide bonds. The molecule has 1 aliphatic rings. The van der Waals surface area contributed by atoms with E-state index in [1.165, 1.54) is 11.5 Å². The van der Waals surface area contributed by atoms with Crippen molar-refractivity contribution < 1.29 is 4.79 Å². The van der Waals surface area contributed by atoms with Crippen molar-refractivity contribution in [3.8, 4) is 0 Å². The second-order valence-electron chi connectivity index (χ2n) is 4.44. The second kappa shape index (κ2) is 5.31. The van der Waals surface area contributed by atoms with E-state index in [4.69, 9.17) is 11.6 Å². The van der Waals surface area contributed by atoms with Crippen molar-refractivity contribution in [3.63, 3.8) is 0 Å². The van der Waals surface area contributed by atoms with Crippen LogP contribution in [0.4, 0.5) is 0 Å². The SMILES string of the molecule is CCc1nnsc1C(=O)N1CCC(C)C(Cl)C1. The molecule has 1 saturated heterocycles. The maximum absolute atomic E-state index is 12.3. The minimum atomic E-state index is 0.0365. The molecule has 0 N–H and O–H groups in total. The number of likely N-dealkylation sites (tertiary alicyclic amines) is 1. The van der Waals surface area contributed by atoms with E-state index in [2.05, 4.69) is 16.5 Å². The number of piperidine rings is 1. The van der Waals surface area contributed by atoms with Gasteiger partial charge in [0.05, 0.1) is 11.1 Å². The van der Waals surface area contributed by atoms with E-state index in [0.717, 1.165) is 25.1 Å². The number of aryl methyl sites for hydroxylation is 1. The molecular formula is C11H16ClN3OS. The first kappa shape index (κ1) is 12.8. The van der Waals surface area contributed by atoms with Crippen molar-refractivity contribution in [3.05, 3.63) is 10.6 Å². The lowest BCUT2D eigenvalue weighted by molar-refractivity contribution is 0.0705. The lowest BCUT2D eigenvalue weighted by atomic mass is 9.98. The topological polar surface area (TPSA) is 46.1 Å². The molecule has 2 unspecified atom stereocenters. The first-order valence-corrected chi connectivity index (χ1v) is 7.09. The van der Waals surface area contributed by atoms with Crippen molar-refractivity contribution in [1.82, 2.24) is 14.5 Å². The fourth-order valence-corrected chi connectivity index (χ4v) is 2.96. The summed E-state index contributed by atoms with van der Waals surface area (Å²) >= 11 is 7.40. The molecule has 1 fully saturated rings. The van der Waals surface area contributed by atoms with Crippen LogP contribution in [0.25, 0.3) is 0 Å². The van der Waals surface area contributed by atoms with Crippen LogP contribution in [0.3, 0.4) is 0 Å². The predicted octanol–water partition coefficient (Wildman–Crippen LogP) is 2.19. The zero-order valence-corrected chi connectivity index (χ0v) is 11.6. The van der Waals surface area contributed by atoms with Gasteiger partial charge in [0, 0.05) is 13.1 Å². The monoisotopic (exact) mass is 273 g/mol. The van der Waals surface area contributed by atoms with Crippen LogP contribution < -0.4 is 0 Å². The number of nitrogens with zero attached hydrogens (tertiary/aromatic N) is 3. The molecule has 4 nitrogen and oxygen atoms in total. The molecular weight excluding hydrogens is 258 g/mol. The molecule has 0 aromatic carbocycles. The number of hydrogen-bond donors (Lipinski definition) is 0. The molecule has 2 heterocycles. The van der Waals surface area contributed by atoms with Crippen molar-refractivity contribution >= 4 is 29.0 Å². The lowest BCUT2D eigenvalue weighted by Gasteiger charge is -2.33. The van der Waals surface area contributed by atoms with E-state index in [9.17, 15) is 4.79 Å². The Morgan fingerprint density at radius 2 is 2.41 bits per heavy atom. The Balaban J connectivity index is 2.10. The highest BCUT2D eigenvalue weighted by Gasteiger charge is 2.29. The second-order valence-corrected chi connectivity index (χ2v) is 5.75. The van der Waals surface area contributed by atoms with Crippen LogP contribution in [0.2, 0.25) is 0 Å². The molecule has 6 heteroatoms. The van der Waals surface area contributed by atoms with Crippen LogP contribution in [0, 0.1) is 5.92 Å². The van der Waals surface area contributed by atoms with E-state index in [0.29, 0.717) is 17.3 Å². The van der Waals surface area contributed by atoms with E-state index in [-0.39, 0.29) is 11.3 Å². The fraction of sp³-hybridized carbons (Fsp3) is 0.727. The Morgan fingerprint density at radius 1 is 1.65 bits per heavy atom. The lowest BCUT2D eigenvalue weighted by Crippen LogP contribution is -2.43. The zero-order chi connectivity index (χ0) is 12.4. The van der Waals surface area contributed by atoms with E-state index in [1.807, 2.05) is 11.8 Å². The molecule has 2 atom stereocenters. The third-order valence-corrected chi connectivity index (χ3v) is 4.56. The number of amides is 1. The molecule has 1 aromatic heterocycles. The molecule has 94 valence electrons. The van der Waals surface area contributed by atoms with Gasteiger partial charge in [0.1, 0.15) is 4.88 Å². The minimum absolute atomic E-state index is 0.0365. The number of aromatic nitrogens is 2. The van der Waals surface area contributed by atoms with Gasteiger partial charge in [-0.2, -0.15) is 0 Å². The molecule has 1 aromatic rings. The van der Waals surface area contributed by atoms with Crippen molar-refractivity contribution in [2.75, 3.05) is 13.1 Å². The van der Waals surface area contributed by atoms with E-state index < -0.39 is 0 Å². The number of carbonyl (C=O) groups is 1. The van der Waals surface area contributed by atoms with Gasteiger partial charge < -0.3 is 4.90 Å². The summed E-state index contributed by atoms with van der Waals surface area (Å²) in [6, 6.07) is 0. The molecule has 1 aliphatic heterocycles. The van der Waals surface area contributed by atoms with Crippen LogP contribution >= 0.6 is 23.1 Å². The summed E-state index contributed by atoms with van der Waals surface area (Å²) in [5, 5.41) is 4.03. The first-order chi connectivity index (χ1) is 8.13. The van der Waals surface area contributed by atoms with Crippen molar-refractivity contribution in [1.29, 1.82) is 0 Å². The smallest absolute Gasteiger partial charge is 0.267 e. The summed E-state index contributed by atoms with van der Waals surface area (Å²) < 4.78 is 3.85. The molecule has 2 rings (SSSR count). The summed E-state index contributed by atoms with van der Waals surface area (Å²) in [4.78, 5) is 14.8. The maximum Gasteiger partial charge on any atom is 0.267 e. The summed E-state index contributed by atoms with van der Waals surface area (Å²) in [6.07, 6.45) is 1.71. The number of hydrogen-bond acceptors (Lipinski definition) is 4. The molecule has 0 bridgehead atoms. The third kappa shape index (κ3) is 2.60. The van der Waals surface area contributed by atoms with Crippen LogP contribution in [0.5, 0.6) is 0 Å². The van der Waals surface area contributed by atoms with Gasteiger partial charge in [-0.3, -0.25) is 4.79 Å². The predicted molar refractivity (Wildman–Crippen MR) is 68.6 cm³/mol. The maximum atomic E-state index is 12.3. The highest BCUT2D eigenvalue weighted by atomic mass is 35.5. The van der Waals surface area contributed by atoms with Gasteiger partial charge in [-0.05, 0) is 30.3 Å². The summed E-state index contributed by atoms with van der Waals surface area (Å²) in [5.41, 5.74) is 0.796.